The standard InChI is InChI=1S/C19H24ClN5O9P2/c1-10(11-5-3-2-4-6-11)22-17-18-21-7-12(25(18)24-19(20)23-17)16-15(27)14(26)13(34-16)8-33-36(31,32)9-35(28,29)30/h2-7,10,13-16,26-27H,8-9H2,1H3,(H,31,32)(H,22,23,24)(H2,28,29,30)/t10-,13?,14?,15?,16?/m0/s1. The Morgan fingerprint density at radius 2 is 1.89 bits per heavy atom. The van der Waals surface area contributed by atoms with Crippen LogP contribution in [0, 0.1) is 0 Å². The minimum atomic E-state index is -4.83. The number of fused-ring (bicyclic) bond motifs is 1. The van der Waals surface area contributed by atoms with Crippen LogP contribution in [0.2, 0.25) is 5.28 Å². The SMILES string of the molecule is C[C@H](Nc1nc(Cl)nn2c(C3OC(COP(=O)(O)CP(=O)(O)O)C(O)C3O)cnc12)c1ccccc1. The summed E-state index contributed by atoms with van der Waals surface area (Å²) in [7, 11) is -9.51. The Labute approximate surface area is 209 Å². The van der Waals surface area contributed by atoms with Crippen molar-refractivity contribution in [2.45, 2.75) is 37.4 Å². The molecule has 3 heterocycles. The van der Waals surface area contributed by atoms with E-state index in [2.05, 4.69) is 20.4 Å². The van der Waals surface area contributed by atoms with Gasteiger partial charge in [0, 0.05) is 0 Å². The van der Waals surface area contributed by atoms with E-state index < -0.39 is 52.1 Å². The van der Waals surface area contributed by atoms with Crippen LogP contribution < -0.4 is 5.32 Å². The second kappa shape index (κ2) is 10.4. The van der Waals surface area contributed by atoms with Crippen LogP contribution >= 0.6 is 26.8 Å². The molecular weight excluding hydrogens is 540 g/mol. The molecule has 6 atom stereocenters. The molecule has 0 aliphatic carbocycles. The highest BCUT2D eigenvalue weighted by molar-refractivity contribution is 7.70. The smallest absolute Gasteiger partial charge is 0.340 e. The van der Waals surface area contributed by atoms with Gasteiger partial charge in [0.1, 0.15) is 24.4 Å². The maximum atomic E-state index is 11.9. The minimum Gasteiger partial charge on any atom is -0.387 e. The summed E-state index contributed by atoms with van der Waals surface area (Å²) in [6.45, 7) is 1.21. The number of halogens is 1. The normalized spacial score (nSPS) is 25.1. The summed E-state index contributed by atoms with van der Waals surface area (Å²) in [6.07, 6.45) is -4.18. The van der Waals surface area contributed by atoms with Crippen molar-refractivity contribution in [1.29, 1.82) is 0 Å². The molecule has 14 nitrogen and oxygen atoms in total. The van der Waals surface area contributed by atoms with E-state index in [-0.39, 0.29) is 22.7 Å². The Balaban J connectivity index is 1.55. The average Bonchev–Trinajstić information content (AvgIpc) is 3.32. The Morgan fingerprint density at radius 3 is 2.56 bits per heavy atom. The average molecular weight is 564 g/mol. The lowest BCUT2D eigenvalue weighted by Crippen LogP contribution is -2.33. The molecule has 4 rings (SSSR count). The third kappa shape index (κ3) is 6.12. The second-order valence-corrected chi connectivity index (χ2v) is 12.6. The number of ether oxygens (including phenoxy) is 1. The molecule has 0 amide bonds. The number of aliphatic hydroxyl groups is 2. The van der Waals surface area contributed by atoms with E-state index in [4.69, 9.17) is 30.6 Å². The fourth-order valence-corrected chi connectivity index (χ4v) is 6.52. The van der Waals surface area contributed by atoms with Gasteiger partial charge in [-0.2, -0.15) is 4.98 Å². The number of rotatable bonds is 9. The first-order chi connectivity index (χ1) is 16.8. The summed E-state index contributed by atoms with van der Waals surface area (Å²) in [5.41, 5.74) is 1.46. The van der Waals surface area contributed by atoms with E-state index in [9.17, 15) is 24.2 Å². The van der Waals surface area contributed by atoms with E-state index in [1.807, 2.05) is 37.3 Å². The van der Waals surface area contributed by atoms with Crippen LogP contribution in [0.25, 0.3) is 5.65 Å². The zero-order valence-electron chi connectivity index (χ0n) is 18.7. The van der Waals surface area contributed by atoms with Gasteiger partial charge in [0.05, 0.1) is 24.5 Å². The maximum Gasteiger partial charge on any atom is 0.340 e. The predicted molar refractivity (Wildman–Crippen MR) is 127 cm³/mol. The van der Waals surface area contributed by atoms with Crippen molar-refractivity contribution in [3.63, 3.8) is 0 Å². The van der Waals surface area contributed by atoms with Crippen molar-refractivity contribution in [1.82, 2.24) is 19.6 Å². The van der Waals surface area contributed by atoms with E-state index in [1.54, 1.807) is 0 Å². The number of nitrogens with one attached hydrogen (secondary N) is 1. The zero-order chi connectivity index (χ0) is 26.3. The van der Waals surface area contributed by atoms with Crippen LogP contribution in [0.4, 0.5) is 5.82 Å². The van der Waals surface area contributed by atoms with Crippen LogP contribution in [0.3, 0.4) is 0 Å². The zero-order valence-corrected chi connectivity index (χ0v) is 21.2. The van der Waals surface area contributed by atoms with Gasteiger partial charge in [-0.25, -0.2) is 9.50 Å². The first-order valence-electron chi connectivity index (χ1n) is 10.6. The van der Waals surface area contributed by atoms with Crippen LogP contribution in [0.5, 0.6) is 0 Å². The molecule has 196 valence electrons. The van der Waals surface area contributed by atoms with Crippen molar-refractivity contribution in [3.05, 3.63) is 53.1 Å². The van der Waals surface area contributed by atoms with Crippen molar-refractivity contribution in [3.8, 4) is 0 Å². The third-order valence-corrected chi connectivity index (χ3v) is 9.09. The largest absolute Gasteiger partial charge is 0.387 e. The fourth-order valence-electron chi connectivity index (χ4n) is 3.79. The fraction of sp³-hybridized carbons (Fsp3) is 0.421. The molecule has 1 fully saturated rings. The van der Waals surface area contributed by atoms with Crippen LogP contribution in [-0.4, -0.2) is 75.3 Å². The van der Waals surface area contributed by atoms with Crippen LogP contribution in [0.15, 0.2) is 36.5 Å². The maximum absolute atomic E-state index is 11.9. The number of aliphatic hydroxyl groups excluding tert-OH is 2. The van der Waals surface area contributed by atoms with Gasteiger partial charge >= 0.3 is 15.2 Å². The monoisotopic (exact) mass is 563 g/mol. The highest BCUT2D eigenvalue weighted by atomic mass is 35.5. The van der Waals surface area contributed by atoms with Crippen molar-refractivity contribution < 1.29 is 43.3 Å². The molecule has 3 aromatic rings. The second-order valence-electron chi connectivity index (χ2n) is 8.24. The molecule has 0 bridgehead atoms. The Kier molecular flexibility index (Phi) is 7.84. The first-order valence-corrected chi connectivity index (χ1v) is 14.5. The topological polar surface area (TPSA) is 209 Å². The summed E-state index contributed by atoms with van der Waals surface area (Å²) in [5.74, 6) is -1.08. The summed E-state index contributed by atoms with van der Waals surface area (Å²) in [4.78, 5) is 36.0. The van der Waals surface area contributed by atoms with Gasteiger partial charge in [0.15, 0.2) is 17.4 Å². The molecule has 5 unspecified atom stereocenters. The summed E-state index contributed by atoms with van der Waals surface area (Å²) in [5, 5.41) is 28.2. The van der Waals surface area contributed by atoms with Crippen LogP contribution in [-0.2, 0) is 18.4 Å². The first kappa shape index (κ1) is 27.1. The van der Waals surface area contributed by atoms with Gasteiger partial charge in [-0.15, -0.1) is 5.10 Å². The quantitative estimate of drug-likeness (QED) is 0.204. The van der Waals surface area contributed by atoms with E-state index in [0.29, 0.717) is 5.82 Å². The third-order valence-electron chi connectivity index (χ3n) is 5.47. The molecule has 2 aromatic heterocycles. The molecule has 0 spiro atoms. The molecule has 1 saturated heterocycles. The number of anilines is 1. The summed E-state index contributed by atoms with van der Waals surface area (Å²) < 4.78 is 34.6. The number of benzene rings is 1. The van der Waals surface area contributed by atoms with Gasteiger partial charge < -0.3 is 39.5 Å². The molecule has 0 radical (unpaired) electrons. The number of hydrogen-bond donors (Lipinski definition) is 6. The lowest BCUT2D eigenvalue weighted by atomic mass is 10.1. The van der Waals surface area contributed by atoms with Crippen molar-refractivity contribution >= 4 is 38.3 Å². The van der Waals surface area contributed by atoms with Gasteiger partial charge in [0.2, 0.25) is 5.28 Å². The van der Waals surface area contributed by atoms with Gasteiger partial charge in [-0.05, 0) is 24.1 Å². The Bertz CT molecular complexity index is 1320. The van der Waals surface area contributed by atoms with E-state index in [1.165, 1.54) is 10.7 Å². The predicted octanol–water partition coefficient (Wildman–Crippen LogP) is 1.45. The molecule has 6 N–H and O–H groups in total. The molecule has 0 saturated carbocycles. The van der Waals surface area contributed by atoms with Gasteiger partial charge in [-0.1, -0.05) is 30.3 Å². The number of hydrogen-bond acceptors (Lipinski definition) is 10. The molecule has 1 aromatic carbocycles. The van der Waals surface area contributed by atoms with Gasteiger partial charge in [-0.3, -0.25) is 9.13 Å². The Morgan fingerprint density at radius 1 is 1.19 bits per heavy atom. The molecular formula is C19H24ClN5O9P2. The highest BCUT2D eigenvalue weighted by Gasteiger charge is 2.46. The summed E-state index contributed by atoms with van der Waals surface area (Å²) >= 11 is 6.13. The minimum absolute atomic E-state index is 0.129. The molecule has 1 aliphatic heterocycles. The lowest BCUT2D eigenvalue weighted by Gasteiger charge is -2.18. The molecule has 17 heteroatoms. The highest BCUT2D eigenvalue weighted by Crippen LogP contribution is 2.55. The Hall–Kier alpha value is -1.96. The molecule has 1 aliphatic rings. The number of nitrogens with zero attached hydrogens (tertiary/aromatic N) is 4. The van der Waals surface area contributed by atoms with Gasteiger partial charge in [0.25, 0.3) is 0 Å². The molecule has 36 heavy (non-hydrogen) atoms. The van der Waals surface area contributed by atoms with E-state index in [0.717, 1.165) is 5.56 Å². The van der Waals surface area contributed by atoms with E-state index >= 15 is 0 Å². The number of aromatic nitrogens is 4. The number of imidazole rings is 1. The van der Waals surface area contributed by atoms with Crippen molar-refractivity contribution in [2.24, 2.45) is 0 Å². The van der Waals surface area contributed by atoms with Crippen molar-refractivity contribution in [2.75, 3.05) is 17.8 Å². The van der Waals surface area contributed by atoms with Crippen LogP contribution in [0.1, 0.15) is 30.3 Å². The lowest BCUT2D eigenvalue weighted by molar-refractivity contribution is -0.0204. The summed E-state index contributed by atoms with van der Waals surface area (Å²) in [6, 6.07) is 9.40.